The summed E-state index contributed by atoms with van der Waals surface area (Å²) in [6, 6.07) is 9.87. The summed E-state index contributed by atoms with van der Waals surface area (Å²) in [6.45, 7) is 0.466. The predicted molar refractivity (Wildman–Crippen MR) is 88.8 cm³/mol. The molecular formula is C15H13BrN4O2. The fraction of sp³-hybridized carbons (Fsp3) is 0.133. The van der Waals surface area contributed by atoms with Gasteiger partial charge in [-0.3, -0.25) is 14.3 Å². The van der Waals surface area contributed by atoms with Crippen molar-refractivity contribution in [2.24, 2.45) is 7.05 Å². The zero-order valence-electron chi connectivity index (χ0n) is 11.8. The van der Waals surface area contributed by atoms with Gasteiger partial charge in [0.2, 0.25) is 0 Å². The molecule has 3 rings (SSSR count). The first kappa shape index (κ1) is 14.5. The SMILES string of the molecule is Cn1c(=O)[nH]c(=O)c2c1nc(Br)n2C/C=C/c1ccccc1. The maximum Gasteiger partial charge on any atom is 0.329 e. The maximum atomic E-state index is 12.0. The molecule has 0 saturated heterocycles. The summed E-state index contributed by atoms with van der Waals surface area (Å²) in [6.07, 6.45) is 3.90. The minimum atomic E-state index is -0.477. The molecule has 2 aromatic heterocycles. The summed E-state index contributed by atoms with van der Waals surface area (Å²) in [4.78, 5) is 30.2. The summed E-state index contributed by atoms with van der Waals surface area (Å²) in [5, 5.41) is 0. The van der Waals surface area contributed by atoms with Crippen LogP contribution in [0.25, 0.3) is 17.2 Å². The number of rotatable bonds is 3. The van der Waals surface area contributed by atoms with E-state index in [-0.39, 0.29) is 0 Å². The number of halogens is 1. The molecule has 0 fully saturated rings. The van der Waals surface area contributed by atoms with Gasteiger partial charge in [-0.05, 0) is 21.5 Å². The average Bonchev–Trinajstić information content (AvgIpc) is 2.84. The number of hydrogen-bond acceptors (Lipinski definition) is 3. The molecule has 6 nitrogen and oxygen atoms in total. The second kappa shape index (κ2) is 5.76. The summed E-state index contributed by atoms with van der Waals surface area (Å²) in [7, 11) is 1.57. The number of aromatic nitrogens is 4. The molecule has 0 spiro atoms. The summed E-state index contributed by atoms with van der Waals surface area (Å²) in [5.74, 6) is 0. The number of benzene rings is 1. The van der Waals surface area contributed by atoms with Crippen LogP contribution < -0.4 is 11.2 Å². The van der Waals surface area contributed by atoms with Crippen molar-refractivity contribution in [3.8, 4) is 0 Å². The monoisotopic (exact) mass is 360 g/mol. The number of aromatic amines is 1. The molecule has 0 aliphatic rings. The lowest BCUT2D eigenvalue weighted by molar-refractivity contribution is 0.810. The van der Waals surface area contributed by atoms with Crippen LogP contribution in [0.3, 0.4) is 0 Å². The van der Waals surface area contributed by atoms with Gasteiger partial charge >= 0.3 is 5.69 Å². The number of aryl methyl sites for hydroxylation is 1. The fourth-order valence-electron chi connectivity index (χ4n) is 2.23. The molecule has 0 unspecified atom stereocenters. The Kier molecular flexibility index (Phi) is 3.81. The van der Waals surface area contributed by atoms with Gasteiger partial charge in [0.15, 0.2) is 15.9 Å². The van der Waals surface area contributed by atoms with Crippen LogP contribution in [0.1, 0.15) is 5.56 Å². The Morgan fingerprint density at radius 2 is 2.00 bits per heavy atom. The minimum Gasteiger partial charge on any atom is -0.309 e. The molecule has 0 atom stereocenters. The molecule has 0 amide bonds. The Balaban J connectivity index is 2.03. The lowest BCUT2D eigenvalue weighted by Crippen LogP contribution is -2.29. The van der Waals surface area contributed by atoms with Crippen molar-refractivity contribution in [1.29, 1.82) is 0 Å². The van der Waals surface area contributed by atoms with Crippen LogP contribution in [0.5, 0.6) is 0 Å². The van der Waals surface area contributed by atoms with Gasteiger partial charge in [0, 0.05) is 13.6 Å². The molecule has 7 heteroatoms. The maximum absolute atomic E-state index is 12.0. The third-order valence-corrected chi connectivity index (χ3v) is 3.96. The Morgan fingerprint density at radius 3 is 2.73 bits per heavy atom. The van der Waals surface area contributed by atoms with Crippen LogP contribution >= 0.6 is 15.9 Å². The van der Waals surface area contributed by atoms with Crippen LogP contribution in [0, 0.1) is 0 Å². The van der Waals surface area contributed by atoms with E-state index in [1.54, 1.807) is 11.6 Å². The number of hydrogen-bond donors (Lipinski definition) is 1. The average molecular weight is 361 g/mol. The van der Waals surface area contributed by atoms with Crippen molar-refractivity contribution in [3.63, 3.8) is 0 Å². The smallest absolute Gasteiger partial charge is 0.309 e. The van der Waals surface area contributed by atoms with Crippen molar-refractivity contribution in [2.75, 3.05) is 0 Å². The lowest BCUT2D eigenvalue weighted by Gasteiger charge is -2.02. The number of H-pyrrole nitrogens is 1. The molecule has 0 radical (unpaired) electrons. The zero-order chi connectivity index (χ0) is 15.7. The highest BCUT2D eigenvalue weighted by atomic mass is 79.9. The third kappa shape index (κ3) is 2.55. The van der Waals surface area contributed by atoms with Gasteiger partial charge in [-0.2, -0.15) is 0 Å². The van der Waals surface area contributed by atoms with E-state index < -0.39 is 11.2 Å². The molecule has 2 heterocycles. The Hall–Kier alpha value is -2.41. The van der Waals surface area contributed by atoms with Crippen LogP contribution in [-0.2, 0) is 13.6 Å². The number of imidazole rings is 1. The molecule has 3 aromatic rings. The molecule has 0 bridgehead atoms. The Morgan fingerprint density at radius 1 is 1.27 bits per heavy atom. The molecule has 0 saturated carbocycles. The van der Waals surface area contributed by atoms with Crippen molar-refractivity contribution < 1.29 is 0 Å². The van der Waals surface area contributed by atoms with Gasteiger partial charge in [0.25, 0.3) is 5.56 Å². The van der Waals surface area contributed by atoms with E-state index in [0.29, 0.717) is 22.4 Å². The van der Waals surface area contributed by atoms with Crippen LogP contribution in [-0.4, -0.2) is 19.1 Å². The standard InChI is InChI=1S/C15H13BrN4O2/c1-19-12-11(13(21)18-15(19)22)20(14(16)17-12)9-5-8-10-6-3-2-4-7-10/h2-8H,9H2,1H3,(H,18,21,22)/b8-5+. The van der Waals surface area contributed by atoms with E-state index >= 15 is 0 Å². The molecule has 0 aliphatic heterocycles. The van der Waals surface area contributed by atoms with Crippen LogP contribution in [0.4, 0.5) is 0 Å². The topological polar surface area (TPSA) is 72.7 Å². The Bertz CT molecular complexity index is 967. The van der Waals surface area contributed by atoms with Gasteiger partial charge < -0.3 is 4.57 Å². The normalized spacial score (nSPS) is 11.5. The summed E-state index contributed by atoms with van der Waals surface area (Å²) in [5.41, 5.74) is 0.878. The first-order valence-corrected chi connectivity index (χ1v) is 7.44. The fourth-order valence-corrected chi connectivity index (χ4v) is 2.72. The largest absolute Gasteiger partial charge is 0.329 e. The van der Waals surface area contributed by atoms with Crippen molar-refractivity contribution >= 4 is 33.2 Å². The van der Waals surface area contributed by atoms with Gasteiger partial charge in [-0.25, -0.2) is 9.78 Å². The highest BCUT2D eigenvalue weighted by molar-refractivity contribution is 9.10. The van der Waals surface area contributed by atoms with Gasteiger partial charge in [-0.1, -0.05) is 42.5 Å². The molecule has 112 valence electrons. The van der Waals surface area contributed by atoms with E-state index in [4.69, 9.17) is 0 Å². The number of allylic oxidation sites excluding steroid dienone is 1. The molecular weight excluding hydrogens is 348 g/mol. The molecule has 1 N–H and O–H groups in total. The second-order valence-corrected chi connectivity index (χ2v) is 5.50. The Labute approximate surface area is 133 Å². The minimum absolute atomic E-state index is 0.355. The van der Waals surface area contributed by atoms with Gasteiger partial charge in [0.05, 0.1) is 0 Å². The van der Waals surface area contributed by atoms with Crippen LogP contribution in [0.2, 0.25) is 0 Å². The highest BCUT2D eigenvalue weighted by Crippen LogP contribution is 2.16. The van der Waals surface area contributed by atoms with Gasteiger partial charge in [0.1, 0.15) is 0 Å². The van der Waals surface area contributed by atoms with E-state index in [0.717, 1.165) is 5.56 Å². The molecule has 22 heavy (non-hydrogen) atoms. The summed E-state index contributed by atoms with van der Waals surface area (Å²) >= 11 is 3.34. The molecule has 1 aromatic carbocycles. The zero-order valence-corrected chi connectivity index (χ0v) is 13.4. The van der Waals surface area contributed by atoms with E-state index in [9.17, 15) is 9.59 Å². The molecule has 0 aliphatic carbocycles. The van der Waals surface area contributed by atoms with E-state index in [1.165, 1.54) is 4.57 Å². The van der Waals surface area contributed by atoms with Crippen molar-refractivity contribution in [2.45, 2.75) is 6.54 Å². The van der Waals surface area contributed by atoms with Gasteiger partial charge in [-0.15, -0.1) is 0 Å². The number of fused-ring (bicyclic) bond motifs is 1. The predicted octanol–water partition coefficient (Wildman–Crippen LogP) is 1.90. The third-order valence-electron chi connectivity index (χ3n) is 3.36. The summed E-state index contributed by atoms with van der Waals surface area (Å²) < 4.78 is 3.54. The number of nitrogens with one attached hydrogen (secondary N) is 1. The lowest BCUT2D eigenvalue weighted by atomic mass is 10.2. The first-order valence-electron chi connectivity index (χ1n) is 6.64. The second-order valence-electron chi connectivity index (χ2n) is 4.79. The van der Waals surface area contributed by atoms with Crippen molar-refractivity contribution in [1.82, 2.24) is 19.1 Å². The quantitative estimate of drug-likeness (QED) is 0.725. The van der Waals surface area contributed by atoms with E-state index in [1.807, 2.05) is 42.5 Å². The first-order chi connectivity index (χ1) is 10.6. The number of nitrogens with zero attached hydrogens (tertiary/aromatic N) is 3. The van der Waals surface area contributed by atoms with E-state index in [2.05, 4.69) is 25.9 Å². The van der Waals surface area contributed by atoms with Crippen molar-refractivity contribution in [3.05, 3.63) is 67.5 Å². The highest BCUT2D eigenvalue weighted by Gasteiger charge is 2.14. The van der Waals surface area contributed by atoms with Crippen LogP contribution in [0.15, 0.2) is 50.7 Å².